The van der Waals surface area contributed by atoms with Gasteiger partial charge in [-0.1, -0.05) is 0 Å². The van der Waals surface area contributed by atoms with E-state index in [1.54, 1.807) is 25.4 Å². The van der Waals surface area contributed by atoms with E-state index in [2.05, 4.69) is 15.6 Å². The highest BCUT2D eigenvalue weighted by Gasteiger charge is 2.11. The van der Waals surface area contributed by atoms with Gasteiger partial charge in [-0.05, 0) is 26.0 Å². The molecule has 0 bridgehead atoms. The summed E-state index contributed by atoms with van der Waals surface area (Å²) in [4.78, 5) is 15.7. The van der Waals surface area contributed by atoms with Crippen LogP contribution in [0.15, 0.2) is 18.3 Å². The number of aromatic nitrogens is 1. The maximum absolute atomic E-state index is 11.6. The number of rotatable bonds is 3. The molecule has 4 nitrogen and oxygen atoms in total. The minimum Gasteiger partial charge on any atom is -0.372 e. The predicted molar refractivity (Wildman–Crippen MR) is 56.4 cm³/mol. The van der Waals surface area contributed by atoms with Crippen LogP contribution in [0.4, 0.5) is 5.82 Å². The molecule has 1 aromatic heterocycles. The Labute approximate surface area is 83.7 Å². The summed E-state index contributed by atoms with van der Waals surface area (Å²) in [6.07, 6.45) is 1.65. The van der Waals surface area contributed by atoms with Crippen molar-refractivity contribution in [3.05, 3.63) is 23.9 Å². The van der Waals surface area contributed by atoms with E-state index in [0.717, 1.165) is 0 Å². The Balaban J connectivity index is 2.88. The number of amides is 1. The molecule has 0 aliphatic rings. The smallest absolute Gasteiger partial charge is 0.255 e. The summed E-state index contributed by atoms with van der Waals surface area (Å²) in [5.74, 6) is 0.503. The number of carbonyl (C=O) groups excluding carboxylic acids is 1. The summed E-state index contributed by atoms with van der Waals surface area (Å²) in [5, 5.41) is 5.69. The van der Waals surface area contributed by atoms with Gasteiger partial charge in [0.05, 0.1) is 5.56 Å². The third-order valence-corrected chi connectivity index (χ3v) is 1.71. The Bertz CT molecular complexity index is 323. The van der Waals surface area contributed by atoms with Gasteiger partial charge in [0.2, 0.25) is 0 Å². The Morgan fingerprint density at radius 3 is 2.79 bits per heavy atom. The lowest BCUT2D eigenvalue weighted by molar-refractivity contribution is 0.0943. The first-order valence-corrected chi connectivity index (χ1v) is 4.58. The first kappa shape index (κ1) is 10.5. The second-order valence-corrected chi connectivity index (χ2v) is 3.28. The van der Waals surface area contributed by atoms with Crippen molar-refractivity contribution in [2.45, 2.75) is 19.9 Å². The minimum absolute atomic E-state index is 0.0996. The van der Waals surface area contributed by atoms with Crippen LogP contribution in [0.25, 0.3) is 0 Å². The van der Waals surface area contributed by atoms with Crippen molar-refractivity contribution in [2.75, 3.05) is 12.4 Å². The molecule has 0 unspecified atom stereocenters. The lowest BCUT2D eigenvalue weighted by Crippen LogP contribution is -2.30. The molecule has 0 aliphatic heterocycles. The lowest BCUT2D eigenvalue weighted by atomic mass is 10.2. The predicted octanol–water partition coefficient (Wildman–Crippen LogP) is 1.26. The first-order valence-electron chi connectivity index (χ1n) is 4.58. The standard InChI is InChI=1S/C10H15N3O/c1-7(2)13-10(14)8-5-4-6-12-9(8)11-3/h4-7H,1-3H3,(H,11,12)(H,13,14). The van der Waals surface area contributed by atoms with Crippen LogP contribution >= 0.6 is 0 Å². The van der Waals surface area contributed by atoms with Gasteiger partial charge in [-0.3, -0.25) is 4.79 Å². The lowest BCUT2D eigenvalue weighted by Gasteiger charge is -2.10. The average molecular weight is 193 g/mol. The third-order valence-electron chi connectivity index (χ3n) is 1.71. The quantitative estimate of drug-likeness (QED) is 0.760. The highest BCUT2D eigenvalue weighted by Crippen LogP contribution is 2.09. The van der Waals surface area contributed by atoms with Crippen LogP contribution in [-0.4, -0.2) is 24.0 Å². The van der Waals surface area contributed by atoms with Crippen LogP contribution in [0.1, 0.15) is 24.2 Å². The van der Waals surface area contributed by atoms with Gasteiger partial charge in [-0.15, -0.1) is 0 Å². The number of nitrogens with one attached hydrogen (secondary N) is 2. The third kappa shape index (κ3) is 2.45. The zero-order chi connectivity index (χ0) is 10.6. The highest BCUT2D eigenvalue weighted by atomic mass is 16.1. The summed E-state index contributed by atoms with van der Waals surface area (Å²) >= 11 is 0. The second kappa shape index (κ2) is 4.60. The molecule has 2 N–H and O–H groups in total. The zero-order valence-electron chi connectivity index (χ0n) is 8.66. The number of hydrogen-bond donors (Lipinski definition) is 2. The number of pyridine rings is 1. The van der Waals surface area contributed by atoms with E-state index in [1.807, 2.05) is 13.8 Å². The van der Waals surface area contributed by atoms with Gasteiger partial charge in [-0.2, -0.15) is 0 Å². The van der Waals surface area contributed by atoms with E-state index >= 15 is 0 Å². The molecule has 0 aliphatic carbocycles. The molecule has 0 aromatic carbocycles. The van der Waals surface area contributed by atoms with E-state index in [0.29, 0.717) is 11.4 Å². The summed E-state index contributed by atoms with van der Waals surface area (Å²) < 4.78 is 0. The number of carbonyl (C=O) groups is 1. The van der Waals surface area contributed by atoms with Crippen LogP contribution in [-0.2, 0) is 0 Å². The fraction of sp³-hybridized carbons (Fsp3) is 0.400. The van der Waals surface area contributed by atoms with Gasteiger partial charge in [0.1, 0.15) is 5.82 Å². The van der Waals surface area contributed by atoms with E-state index in [9.17, 15) is 4.79 Å². The van der Waals surface area contributed by atoms with Crippen LogP contribution in [0.3, 0.4) is 0 Å². The number of anilines is 1. The number of nitrogens with zero attached hydrogens (tertiary/aromatic N) is 1. The van der Waals surface area contributed by atoms with Gasteiger partial charge in [0, 0.05) is 19.3 Å². The normalized spacial score (nSPS) is 10.0. The van der Waals surface area contributed by atoms with Crippen molar-refractivity contribution in [3.63, 3.8) is 0 Å². The van der Waals surface area contributed by atoms with Gasteiger partial charge in [0.25, 0.3) is 5.91 Å². The zero-order valence-corrected chi connectivity index (χ0v) is 8.66. The van der Waals surface area contributed by atoms with Crippen molar-refractivity contribution in [2.24, 2.45) is 0 Å². The maximum Gasteiger partial charge on any atom is 0.255 e. The summed E-state index contributed by atoms with van der Waals surface area (Å²) in [5.41, 5.74) is 0.573. The van der Waals surface area contributed by atoms with E-state index < -0.39 is 0 Å². The SMILES string of the molecule is CNc1ncccc1C(=O)NC(C)C. The van der Waals surface area contributed by atoms with Crippen LogP contribution in [0, 0.1) is 0 Å². The van der Waals surface area contributed by atoms with Gasteiger partial charge in [-0.25, -0.2) is 4.98 Å². The molecule has 1 aromatic rings. The fourth-order valence-corrected chi connectivity index (χ4v) is 1.13. The highest BCUT2D eigenvalue weighted by molar-refractivity contribution is 5.98. The first-order chi connectivity index (χ1) is 6.65. The van der Waals surface area contributed by atoms with Gasteiger partial charge < -0.3 is 10.6 Å². The molecule has 0 spiro atoms. The molecule has 0 fully saturated rings. The Morgan fingerprint density at radius 1 is 1.50 bits per heavy atom. The van der Waals surface area contributed by atoms with Gasteiger partial charge in [0.15, 0.2) is 0 Å². The van der Waals surface area contributed by atoms with E-state index in [-0.39, 0.29) is 11.9 Å². The van der Waals surface area contributed by atoms with Crippen molar-refractivity contribution in [1.82, 2.24) is 10.3 Å². The number of hydrogen-bond acceptors (Lipinski definition) is 3. The molecule has 0 atom stereocenters. The topological polar surface area (TPSA) is 54.0 Å². The van der Waals surface area contributed by atoms with Crippen molar-refractivity contribution < 1.29 is 4.79 Å². The molecule has 0 radical (unpaired) electrons. The minimum atomic E-state index is -0.0996. The molecule has 4 heteroatoms. The molecule has 1 amide bonds. The van der Waals surface area contributed by atoms with E-state index in [1.165, 1.54) is 0 Å². The van der Waals surface area contributed by atoms with Crippen LogP contribution < -0.4 is 10.6 Å². The molecule has 0 saturated carbocycles. The maximum atomic E-state index is 11.6. The Kier molecular flexibility index (Phi) is 3.45. The summed E-state index contributed by atoms with van der Waals surface area (Å²) in [7, 11) is 1.74. The largest absolute Gasteiger partial charge is 0.372 e. The van der Waals surface area contributed by atoms with Crippen LogP contribution in [0.2, 0.25) is 0 Å². The Morgan fingerprint density at radius 2 is 2.21 bits per heavy atom. The molecule has 14 heavy (non-hydrogen) atoms. The van der Waals surface area contributed by atoms with E-state index in [4.69, 9.17) is 0 Å². The second-order valence-electron chi connectivity index (χ2n) is 3.28. The monoisotopic (exact) mass is 193 g/mol. The fourth-order valence-electron chi connectivity index (χ4n) is 1.13. The molecule has 76 valence electrons. The summed E-state index contributed by atoms with van der Waals surface area (Å²) in [6.45, 7) is 3.85. The molecular weight excluding hydrogens is 178 g/mol. The summed E-state index contributed by atoms with van der Waals surface area (Å²) in [6, 6.07) is 3.62. The molecular formula is C10H15N3O. The van der Waals surface area contributed by atoms with Gasteiger partial charge >= 0.3 is 0 Å². The average Bonchev–Trinajstić information content (AvgIpc) is 2.16. The Hall–Kier alpha value is -1.58. The molecule has 1 rings (SSSR count). The van der Waals surface area contributed by atoms with Crippen molar-refractivity contribution in [1.29, 1.82) is 0 Å². The van der Waals surface area contributed by atoms with Crippen LogP contribution in [0.5, 0.6) is 0 Å². The van der Waals surface area contributed by atoms with Crippen molar-refractivity contribution in [3.8, 4) is 0 Å². The molecule has 0 saturated heterocycles. The van der Waals surface area contributed by atoms with Crippen molar-refractivity contribution >= 4 is 11.7 Å². The molecule has 1 heterocycles.